The predicted molar refractivity (Wildman–Crippen MR) is 439 cm³/mol. The summed E-state index contributed by atoms with van der Waals surface area (Å²) in [5.41, 5.74) is -10.1. The molecule has 12 atom stereocenters. The van der Waals surface area contributed by atoms with Gasteiger partial charge in [0, 0.05) is 107 Å². The molecule has 3 amide bonds. The molecule has 26 heteroatoms. The maximum absolute atomic E-state index is 15.6. The van der Waals surface area contributed by atoms with Gasteiger partial charge in [-0.1, -0.05) is 145 Å². The van der Waals surface area contributed by atoms with Crippen molar-refractivity contribution in [3.8, 4) is 0 Å². The first kappa shape index (κ1) is 92.6. The first-order chi connectivity index (χ1) is 52.1. The van der Waals surface area contributed by atoms with Gasteiger partial charge in [0.05, 0.1) is 13.2 Å². The highest BCUT2D eigenvalue weighted by Crippen LogP contribution is 2.57. The van der Waals surface area contributed by atoms with Gasteiger partial charge in [-0.15, -0.1) is 0 Å². The molecule has 2 aromatic heterocycles. The van der Waals surface area contributed by atoms with E-state index in [1.54, 1.807) is 34.6 Å². The van der Waals surface area contributed by atoms with Crippen molar-refractivity contribution < 1.29 is 52.5 Å². The van der Waals surface area contributed by atoms with E-state index in [-0.39, 0.29) is 89.8 Å². The summed E-state index contributed by atoms with van der Waals surface area (Å²) in [6, 6.07) is -3.53. The molecule has 0 bridgehead atoms. The standard InChI is InChI=1S/C88H145N9O17/c1-57(98)27-31-84(20)40-62(34-76(5,6)45-84)93-71(106)94(73(108)97(72(93)107)66-38-80(13,14)49-88(24,44-66)52-91-60(4)101)63-35-77(7,8)46-85(21,41-63)33-29-68(103)112-54-82(17,18)56-114-75(110)113-55-81(15,16)53-111-67(102)28-32-83(19)30-25-26-61(39-83)92-69(104)95(64-36-78(9,10)47-86(22,42-64)50-89-58(2)99)74(109)96(70(92)105)65-37-79(11,12)48-87(23,43-65)51-90-59(3)100/h61-66H,25-56H2,1-24H3,(H,89,99)(H,90,100)(H,91,101). The number of rotatable bonds is 29. The Morgan fingerprint density at radius 2 is 0.570 bits per heavy atom. The Balaban J connectivity index is 0.882. The second-order valence-corrected chi connectivity index (χ2v) is 45.0. The Hall–Kier alpha value is -6.89. The van der Waals surface area contributed by atoms with E-state index in [1.807, 2.05) is 0 Å². The van der Waals surface area contributed by atoms with Crippen LogP contribution in [-0.4, -0.2) is 115 Å². The van der Waals surface area contributed by atoms with Crippen LogP contribution in [0.3, 0.4) is 0 Å². The summed E-state index contributed by atoms with van der Waals surface area (Å²) in [4.78, 5) is 183. The van der Waals surface area contributed by atoms with Crippen LogP contribution < -0.4 is 50.1 Å². The zero-order valence-electron chi connectivity index (χ0n) is 74.2. The van der Waals surface area contributed by atoms with Crippen LogP contribution in [0, 0.1) is 70.4 Å². The van der Waals surface area contributed by atoms with Gasteiger partial charge in [0.2, 0.25) is 17.7 Å². The van der Waals surface area contributed by atoms with E-state index in [9.17, 15) is 33.6 Å². The molecule has 0 aromatic carbocycles. The second-order valence-electron chi connectivity index (χ2n) is 45.0. The summed E-state index contributed by atoms with van der Waals surface area (Å²) in [7, 11) is 0. The Labute approximate surface area is 676 Å². The van der Waals surface area contributed by atoms with E-state index < -0.39 is 132 Å². The maximum atomic E-state index is 15.6. The van der Waals surface area contributed by atoms with Crippen molar-refractivity contribution in [2.45, 2.75) is 363 Å². The minimum Gasteiger partial charge on any atom is -0.465 e. The van der Waals surface area contributed by atoms with Crippen molar-refractivity contribution in [2.75, 3.05) is 46.1 Å². The number of nitrogens with one attached hydrogen (secondary N) is 3. The Morgan fingerprint density at radius 1 is 0.333 bits per heavy atom. The van der Waals surface area contributed by atoms with Crippen LogP contribution in [0.25, 0.3) is 0 Å². The number of hydrogen-bond acceptors (Lipinski definition) is 17. The van der Waals surface area contributed by atoms with Gasteiger partial charge in [0.15, 0.2) is 0 Å². The summed E-state index contributed by atoms with van der Waals surface area (Å²) < 4.78 is 31.0. The number of ketones is 1. The highest BCUT2D eigenvalue weighted by atomic mass is 16.7. The number of esters is 2. The predicted octanol–water partition coefficient (Wildman–Crippen LogP) is 13.9. The lowest BCUT2D eigenvalue weighted by Crippen LogP contribution is -2.60. The second kappa shape index (κ2) is 34.2. The zero-order valence-corrected chi connectivity index (χ0v) is 74.2. The van der Waals surface area contributed by atoms with E-state index in [2.05, 4.69) is 127 Å². The normalized spacial score (nSPS) is 30.6. The van der Waals surface area contributed by atoms with E-state index in [4.69, 9.17) is 18.9 Å². The van der Waals surface area contributed by atoms with E-state index in [1.165, 1.54) is 48.2 Å². The number of aromatic nitrogens is 6. The molecule has 8 rings (SSSR count). The molecule has 6 fully saturated rings. The first-order valence-electron chi connectivity index (χ1n) is 42.4. The highest BCUT2D eigenvalue weighted by molar-refractivity contribution is 5.75. The molecular formula is C88H145N9O17. The van der Waals surface area contributed by atoms with Crippen LogP contribution in [0.2, 0.25) is 0 Å². The van der Waals surface area contributed by atoms with Crippen molar-refractivity contribution in [3.63, 3.8) is 0 Å². The third kappa shape index (κ3) is 24.2. The summed E-state index contributed by atoms with van der Waals surface area (Å²) in [5, 5.41) is 8.98. The molecule has 0 aliphatic heterocycles. The number of carbonyl (C=O) groups excluding carboxylic acids is 7. The van der Waals surface area contributed by atoms with Gasteiger partial charge < -0.3 is 39.7 Å². The molecule has 2 heterocycles. The maximum Gasteiger partial charge on any atom is 0.508 e. The lowest BCUT2D eigenvalue weighted by Gasteiger charge is -2.49. The third-order valence-corrected chi connectivity index (χ3v) is 26.5. The van der Waals surface area contributed by atoms with Crippen molar-refractivity contribution >= 4 is 41.6 Å². The number of hydrogen-bond donors (Lipinski definition) is 3. The first-order valence-corrected chi connectivity index (χ1v) is 42.4. The molecule has 26 nitrogen and oxygen atoms in total. The molecule has 3 N–H and O–H groups in total. The van der Waals surface area contributed by atoms with Crippen LogP contribution in [0.1, 0.15) is 363 Å². The van der Waals surface area contributed by atoms with Gasteiger partial charge in [0.1, 0.15) is 19.0 Å². The van der Waals surface area contributed by atoms with E-state index in [0.717, 1.165) is 25.7 Å². The van der Waals surface area contributed by atoms with Crippen molar-refractivity contribution in [1.29, 1.82) is 0 Å². The van der Waals surface area contributed by atoms with E-state index >= 15 is 28.8 Å². The summed E-state index contributed by atoms with van der Waals surface area (Å²) in [6.45, 7) is 47.4. The lowest BCUT2D eigenvalue weighted by molar-refractivity contribution is -0.148. The molecule has 644 valence electrons. The smallest absolute Gasteiger partial charge is 0.465 e. The molecule has 6 aliphatic carbocycles. The largest absolute Gasteiger partial charge is 0.508 e. The van der Waals surface area contributed by atoms with Crippen molar-refractivity contribution in [2.24, 2.45) is 70.4 Å². The SMILES string of the molecule is CC(=O)CCC1(C)CC(n2c(=O)n(C3CC(C)(C)CC(C)(CCC(=O)OCC(C)(C)COC(=O)OCC(C)(C)COC(=O)CCC4(C)CCCC(n5c(=O)n(C6CC(C)(C)CC(C)(CNC(C)=O)C6)c(=O)n(C6CC(C)(C)CC(C)(CNC(C)=O)C6)c5=O)C4)C3)c(=O)n(C3CC(C)(C)CC(C)(CNC(C)=O)C3)c2=O)CC(C)(C)C1. The Kier molecular flexibility index (Phi) is 27.8. The molecule has 0 spiro atoms. The van der Waals surface area contributed by atoms with Gasteiger partial charge in [-0.05, 0) is 201 Å². The molecule has 12 unspecified atom stereocenters. The lowest BCUT2D eigenvalue weighted by atomic mass is 9.61. The quantitative estimate of drug-likeness (QED) is 0.0503. The minimum atomic E-state index is -0.960. The molecule has 2 aromatic rings. The van der Waals surface area contributed by atoms with Gasteiger partial charge in [0.25, 0.3) is 0 Å². The van der Waals surface area contributed by atoms with Crippen LogP contribution in [0.5, 0.6) is 0 Å². The fourth-order valence-corrected chi connectivity index (χ4v) is 23.3. The van der Waals surface area contributed by atoms with E-state index in [0.29, 0.717) is 142 Å². The highest BCUT2D eigenvalue weighted by Gasteiger charge is 2.51. The summed E-state index contributed by atoms with van der Waals surface area (Å²) in [6.07, 6.45) is 11.4. The monoisotopic (exact) mass is 1600 g/mol. The summed E-state index contributed by atoms with van der Waals surface area (Å²) >= 11 is 0. The Bertz CT molecular complexity index is 4110. The number of nitrogens with zero attached hydrogens (tertiary/aromatic N) is 6. The van der Waals surface area contributed by atoms with Crippen LogP contribution in [0.4, 0.5) is 4.79 Å². The minimum absolute atomic E-state index is 0.0234. The molecule has 6 saturated carbocycles. The van der Waals surface area contributed by atoms with Gasteiger partial charge in [-0.3, -0.25) is 24.0 Å². The fourth-order valence-electron chi connectivity index (χ4n) is 23.3. The summed E-state index contributed by atoms with van der Waals surface area (Å²) in [5.74, 6) is -1.39. The Morgan fingerprint density at radius 3 is 0.851 bits per heavy atom. The van der Waals surface area contributed by atoms with Gasteiger partial charge >= 0.3 is 52.2 Å². The topological polar surface area (TPSA) is 324 Å². The number of carbonyl (C=O) groups is 7. The van der Waals surface area contributed by atoms with Crippen LogP contribution >= 0.6 is 0 Å². The zero-order chi connectivity index (χ0) is 85.5. The average Bonchev–Trinajstić information content (AvgIpc) is 0.731. The van der Waals surface area contributed by atoms with Crippen molar-refractivity contribution in [1.82, 2.24) is 43.4 Å². The van der Waals surface area contributed by atoms with Crippen LogP contribution in [0.15, 0.2) is 28.8 Å². The molecule has 0 radical (unpaired) electrons. The third-order valence-electron chi connectivity index (χ3n) is 26.5. The average molecular weight is 1600 g/mol. The van der Waals surface area contributed by atoms with Crippen molar-refractivity contribution in [3.05, 3.63) is 62.9 Å². The fraction of sp³-hybridized carbons (Fsp3) is 0.852. The van der Waals surface area contributed by atoms with Gasteiger partial charge in [-0.25, -0.2) is 61.0 Å². The molecule has 0 saturated heterocycles. The van der Waals surface area contributed by atoms with Gasteiger partial charge in [-0.2, -0.15) is 0 Å². The molecular weight excluding hydrogens is 1460 g/mol. The number of ether oxygens (including phenoxy) is 4. The number of amides is 3. The van der Waals surface area contributed by atoms with Crippen LogP contribution in [-0.2, 0) is 47.7 Å². The number of Topliss-reactive ketones (excluding diaryl/α,β-unsaturated/α-hetero) is 1. The molecule has 114 heavy (non-hydrogen) atoms. The molecule has 6 aliphatic rings.